The molecule has 1 aliphatic rings. The van der Waals surface area contributed by atoms with E-state index in [2.05, 4.69) is 5.32 Å². The predicted molar refractivity (Wildman–Crippen MR) is 77.5 cm³/mol. The molecular formula is C17H17F2NO. The lowest BCUT2D eigenvalue weighted by Crippen LogP contribution is -2.15. The lowest BCUT2D eigenvalue weighted by molar-refractivity contribution is 0.459. The molecule has 1 aliphatic carbocycles. The Hall–Kier alpha value is -1.94. The zero-order valence-electron chi connectivity index (χ0n) is 11.8. The molecule has 0 aliphatic heterocycles. The minimum absolute atomic E-state index is 0.292. The van der Waals surface area contributed by atoms with E-state index in [4.69, 9.17) is 4.74 Å². The first-order chi connectivity index (χ1) is 10.1. The Morgan fingerprint density at radius 2 is 1.90 bits per heavy atom. The summed E-state index contributed by atoms with van der Waals surface area (Å²) in [7, 11) is 0. The monoisotopic (exact) mass is 289 g/mol. The van der Waals surface area contributed by atoms with Crippen LogP contribution in [0.1, 0.15) is 24.0 Å². The van der Waals surface area contributed by atoms with Crippen molar-refractivity contribution in [1.29, 1.82) is 0 Å². The largest absolute Gasteiger partial charge is 0.457 e. The summed E-state index contributed by atoms with van der Waals surface area (Å²) in [6, 6.07) is 10.1. The highest BCUT2D eigenvalue weighted by Gasteiger charge is 2.20. The number of halogens is 2. The first kappa shape index (κ1) is 14.0. The zero-order valence-corrected chi connectivity index (χ0v) is 11.8. The van der Waals surface area contributed by atoms with Crippen molar-refractivity contribution in [1.82, 2.24) is 5.32 Å². The number of hydrogen-bond acceptors (Lipinski definition) is 2. The zero-order chi connectivity index (χ0) is 14.8. The number of nitrogens with one attached hydrogen (secondary N) is 1. The van der Waals surface area contributed by atoms with Gasteiger partial charge in [-0.05, 0) is 49.1 Å². The van der Waals surface area contributed by atoms with Gasteiger partial charge in [-0.15, -0.1) is 0 Å². The lowest BCUT2D eigenvalue weighted by Gasteiger charge is -2.11. The van der Waals surface area contributed by atoms with E-state index in [1.807, 2.05) is 25.1 Å². The van der Waals surface area contributed by atoms with Crippen LogP contribution in [-0.4, -0.2) is 6.04 Å². The number of rotatable bonds is 5. The van der Waals surface area contributed by atoms with Crippen LogP contribution >= 0.6 is 0 Å². The van der Waals surface area contributed by atoms with Crippen molar-refractivity contribution >= 4 is 0 Å². The first-order valence-corrected chi connectivity index (χ1v) is 7.07. The molecule has 0 radical (unpaired) electrons. The fourth-order valence-corrected chi connectivity index (χ4v) is 2.15. The van der Waals surface area contributed by atoms with E-state index in [0.29, 0.717) is 17.5 Å². The molecule has 0 aromatic heterocycles. The maximum Gasteiger partial charge on any atom is 0.162 e. The number of aryl methyl sites for hydroxylation is 1. The minimum Gasteiger partial charge on any atom is -0.457 e. The van der Waals surface area contributed by atoms with E-state index in [9.17, 15) is 8.78 Å². The Morgan fingerprint density at radius 1 is 1.10 bits per heavy atom. The third kappa shape index (κ3) is 3.58. The van der Waals surface area contributed by atoms with Crippen molar-refractivity contribution in [3.63, 3.8) is 0 Å². The molecule has 0 spiro atoms. The smallest absolute Gasteiger partial charge is 0.162 e. The van der Waals surface area contributed by atoms with Crippen LogP contribution in [-0.2, 0) is 6.54 Å². The molecule has 3 rings (SSSR count). The van der Waals surface area contributed by atoms with Gasteiger partial charge in [-0.25, -0.2) is 8.78 Å². The quantitative estimate of drug-likeness (QED) is 0.885. The Labute approximate surface area is 122 Å². The van der Waals surface area contributed by atoms with E-state index < -0.39 is 11.6 Å². The third-order valence-corrected chi connectivity index (χ3v) is 3.53. The maximum atomic E-state index is 13.2. The average molecular weight is 289 g/mol. The molecule has 1 N–H and O–H groups in total. The molecule has 0 heterocycles. The third-order valence-electron chi connectivity index (χ3n) is 3.53. The predicted octanol–water partition coefficient (Wildman–Crippen LogP) is 4.32. The lowest BCUT2D eigenvalue weighted by atomic mass is 10.1. The van der Waals surface area contributed by atoms with Gasteiger partial charge in [0.1, 0.15) is 11.5 Å². The van der Waals surface area contributed by atoms with Crippen molar-refractivity contribution in [3.05, 3.63) is 59.2 Å². The summed E-state index contributed by atoms with van der Waals surface area (Å²) in [5.41, 5.74) is 2.16. The van der Waals surface area contributed by atoms with E-state index >= 15 is 0 Å². The van der Waals surface area contributed by atoms with E-state index in [1.165, 1.54) is 24.5 Å². The average Bonchev–Trinajstić information content (AvgIpc) is 3.27. The Bertz CT molecular complexity index is 653. The van der Waals surface area contributed by atoms with Crippen LogP contribution in [0.4, 0.5) is 8.78 Å². The van der Waals surface area contributed by atoms with Gasteiger partial charge in [0.2, 0.25) is 0 Å². The molecule has 2 aromatic carbocycles. The Morgan fingerprint density at radius 3 is 2.57 bits per heavy atom. The van der Waals surface area contributed by atoms with Crippen molar-refractivity contribution < 1.29 is 13.5 Å². The van der Waals surface area contributed by atoms with Gasteiger partial charge in [0, 0.05) is 18.7 Å². The Balaban J connectivity index is 1.70. The molecule has 1 fully saturated rings. The van der Waals surface area contributed by atoms with Crippen LogP contribution in [0.2, 0.25) is 0 Å². The van der Waals surface area contributed by atoms with Crippen molar-refractivity contribution in [2.75, 3.05) is 0 Å². The van der Waals surface area contributed by atoms with Gasteiger partial charge in [-0.1, -0.05) is 12.1 Å². The molecule has 0 atom stereocenters. The summed E-state index contributed by atoms with van der Waals surface area (Å²) >= 11 is 0. The maximum absolute atomic E-state index is 13.2. The van der Waals surface area contributed by atoms with Crippen LogP contribution in [0.25, 0.3) is 0 Å². The van der Waals surface area contributed by atoms with Gasteiger partial charge in [-0.3, -0.25) is 0 Å². The van der Waals surface area contributed by atoms with Crippen molar-refractivity contribution in [2.45, 2.75) is 32.4 Å². The molecule has 2 nitrogen and oxygen atoms in total. The van der Waals surface area contributed by atoms with E-state index in [0.717, 1.165) is 24.2 Å². The SMILES string of the molecule is Cc1cc(CNC2CC2)ccc1Oc1ccc(F)c(F)c1. The fraction of sp³-hybridized carbons (Fsp3) is 0.294. The summed E-state index contributed by atoms with van der Waals surface area (Å²) in [5.74, 6) is -0.840. The van der Waals surface area contributed by atoms with Crippen molar-refractivity contribution in [3.8, 4) is 11.5 Å². The summed E-state index contributed by atoms with van der Waals surface area (Å²) in [6.45, 7) is 2.78. The summed E-state index contributed by atoms with van der Waals surface area (Å²) < 4.78 is 31.7. The second-order valence-electron chi connectivity index (χ2n) is 5.43. The van der Waals surface area contributed by atoms with Gasteiger partial charge in [-0.2, -0.15) is 0 Å². The van der Waals surface area contributed by atoms with Crippen LogP contribution in [0.3, 0.4) is 0 Å². The number of benzene rings is 2. The minimum atomic E-state index is -0.907. The van der Waals surface area contributed by atoms with Crippen molar-refractivity contribution in [2.24, 2.45) is 0 Å². The topological polar surface area (TPSA) is 21.3 Å². The van der Waals surface area contributed by atoms with Gasteiger partial charge in [0.05, 0.1) is 0 Å². The van der Waals surface area contributed by atoms with E-state index in [-0.39, 0.29) is 0 Å². The molecule has 4 heteroatoms. The molecular weight excluding hydrogens is 272 g/mol. The molecule has 0 saturated heterocycles. The van der Waals surface area contributed by atoms with Crippen LogP contribution < -0.4 is 10.1 Å². The molecule has 21 heavy (non-hydrogen) atoms. The molecule has 0 bridgehead atoms. The second-order valence-corrected chi connectivity index (χ2v) is 5.43. The van der Waals surface area contributed by atoms with Gasteiger partial charge in [0.25, 0.3) is 0 Å². The molecule has 2 aromatic rings. The van der Waals surface area contributed by atoms with Crippen LogP contribution in [0.5, 0.6) is 11.5 Å². The number of ether oxygens (including phenoxy) is 1. The molecule has 0 unspecified atom stereocenters. The second kappa shape index (κ2) is 5.82. The summed E-state index contributed by atoms with van der Waals surface area (Å²) in [6.07, 6.45) is 2.52. The summed E-state index contributed by atoms with van der Waals surface area (Å²) in [5, 5.41) is 3.45. The first-order valence-electron chi connectivity index (χ1n) is 7.07. The number of hydrogen-bond donors (Lipinski definition) is 1. The standard InChI is InChI=1S/C17H17F2NO/c1-11-8-12(10-20-13-3-4-13)2-7-17(11)21-14-5-6-15(18)16(19)9-14/h2,5-9,13,20H,3-4,10H2,1H3. The normalized spacial score (nSPS) is 14.2. The van der Waals surface area contributed by atoms with Gasteiger partial charge >= 0.3 is 0 Å². The highest BCUT2D eigenvalue weighted by molar-refractivity contribution is 5.40. The van der Waals surface area contributed by atoms with Crippen LogP contribution in [0, 0.1) is 18.6 Å². The molecule has 0 amide bonds. The molecule has 1 saturated carbocycles. The highest BCUT2D eigenvalue weighted by Crippen LogP contribution is 2.27. The highest BCUT2D eigenvalue weighted by atomic mass is 19.2. The van der Waals surface area contributed by atoms with E-state index in [1.54, 1.807) is 0 Å². The fourth-order valence-electron chi connectivity index (χ4n) is 2.15. The summed E-state index contributed by atoms with van der Waals surface area (Å²) in [4.78, 5) is 0. The molecule has 110 valence electrons. The van der Waals surface area contributed by atoms with Gasteiger partial charge < -0.3 is 10.1 Å². The van der Waals surface area contributed by atoms with Crippen LogP contribution in [0.15, 0.2) is 36.4 Å². The Kier molecular flexibility index (Phi) is 3.88. The van der Waals surface area contributed by atoms with Gasteiger partial charge in [0.15, 0.2) is 11.6 Å².